The molecule has 21 heavy (non-hydrogen) atoms. The molecule has 2 rings (SSSR count). The van der Waals surface area contributed by atoms with Crippen LogP contribution in [-0.2, 0) is 16.6 Å². The van der Waals surface area contributed by atoms with Crippen LogP contribution in [0.1, 0.15) is 5.56 Å². The summed E-state index contributed by atoms with van der Waals surface area (Å²) in [7, 11) is -1.67. The fourth-order valence-electron chi connectivity index (χ4n) is 1.69. The third kappa shape index (κ3) is 3.56. The maximum Gasteiger partial charge on any atom is 0.270 e. The number of halogens is 2. The van der Waals surface area contributed by atoms with Crippen LogP contribution in [0.15, 0.2) is 41.3 Å². The van der Waals surface area contributed by atoms with Crippen molar-refractivity contribution in [2.45, 2.75) is 10.6 Å². The quantitative estimate of drug-likeness (QED) is 0.530. The van der Waals surface area contributed by atoms with Crippen LogP contribution < -0.4 is 5.73 Å². The van der Waals surface area contributed by atoms with E-state index in [0.29, 0.717) is 5.56 Å². The van der Waals surface area contributed by atoms with Crippen LogP contribution in [-0.4, -0.2) is 9.13 Å². The zero-order valence-corrected chi connectivity index (χ0v) is 12.2. The summed E-state index contributed by atoms with van der Waals surface area (Å²) in [5.41, 5.74) is 5.95. The molecule has 0 spiro atoms. The molecule has 0 aliphatic rings. The minimum absolute atomic E-state index is 0.0126. The van der Waals surface area contributed by atoms with Gasteiger partial charge < -0.3 is 5.73 Å². The van der Waals surface area contributed by atoms with E-state index in [1.165, 1.54) is 30.3 Å². The molecule has 0 saturated heterocycles. The minimum Gasteiger partial charge on any atom is -0.399 e. The summed E-state index contributed by atoms with van der Waals surface area (Å²) in [6.45, 7) is 0. The molecule has 0 bridgehead atoms. The van der Waals surface area contributed by atoms with E-state index in [4.69, 9.17) is 17.3 Å². The molecule has 0 saturated carbocycles. The molecular weight excluding hydrogens is 319 g/mol. The predicted molar refractivity (Wildman–Crippen MR) is 79.0 cm³/mol. The van der Waals surface area contributed by atoms with E-state index in [9.17, 15) is 18.7 Å². The Morgan fingerprint density at radius 2 is 2.00 bits per heavy atom. The molecule has 0 aliphatic carbocycles. The maximum atomic E-state index is 13.7. The van der Waals surface area contributed by atoms with E-state index in [2.05, 4.69) is 0 Å². The average molecular weight is 329 g/mol. The van der Waals surface area contributed by atoms with Gasteiger partial charge in [0, 0.05) is 17.8 Å². The summed E-state index contributed by atoms with van der Waals surface area (Å²) in [5, 5.41) is 10.7. The highest BCUT2D eigenvalue weighted by Crippen LogP contribution is 2.26. The number of benzene rings is 2. The number of nitrogens with two attached hydrogens (primary N) is 1. The highest BCUT2D eigenvalue weighted by atomic mass is 35.5. The Morgan fingerprint density at radius 3 is 2.57 bits per heavy atom. The third-order valence-electron chi connectivity index (χ3n) is 2.74. The molecule has 0 heterocycles. The lowest BCUT2D eigenvalue weighted by molar-refractivity contribution is -0.384. The van der Waals surface area contributed by atoms with Crippen molar-refractivity contribution >= 4 is 33.8 Å². The summed E-state index contributed by atoms with van der Waals surface area (Å²) in [6, 6.07) is 7.73. The van der Waals surface area contributed by atoms with E-state index in [-0.39, 0.29) is 27.0 Å². The first-order chi connectivity index (χ1) is 9.88. The second kappa shape index (κ2) is 6.19. The van der Waals surface area contributed by atoms with Crippen molar-refractivity contribution < 1.29 is 13.5 Å². The Labute approximate surface area is 127 Å². The first kappa shape index (κ1) is 15.4. The molecule has 0 radical (unpaired) electrons. The largest absolute Gasteiger partial charge is 0.399 e. The first-order valence-corrected chi connectivity index (χ1v) is 7.44. The summed E-state index contributed by atoms with van der Waals surface area (Å²) in [5.74, 6) is -0.705. The zero-order valence-electron chi connectivity index (χ0n) is 10.6. The zero-order chi connectivity index (χ0) is 15.6. The van der Waals surface area contributed by atoms with Gasteiger partial charge in [0.05, 0.1) is 31.4 Å². The van der Waals surface area contributed by atoms with Gasteiger partial charge in [-0.15, -0.1) is 0 Å². The van der Waals surface area contributed by atoms with Crippen LogP contribution in [0.25, 0.3) is 0 Å². The van der Waals surface area contributed by atoms with Crippen LogP contribution in [0.4, 0.5) is 15.8 Å². The van der Waals surface area contributed by atoms with E-state index in [1.54, 1.807) is 0 Å². The fraction of sp³-hybridized carbons (Fsp3) is 0.0769. The van der Waals surface area contributed by atoms with Crippen molar-refractivity contribution in [2.24, 2.45) is 0 Å². The van der Waals surface area contributed by atoms with Gasteiger partial charge in [-0.2, -0.15) is 0 Å². The summed E-state index contributed by atoms with van der Waals surface area (Å²) in [6.07, 6.45) is 0. The lowest BCUT2D eigenvalue weighted by atomic mass is 10.2. The molecule has 0 aromatic heterocycles. The Bertz CT molecular complexity index is 739. The topological polar surface area (TPSA) is 86.2 Å². The highest BCUT2D eigenvalue weighted by molar-refractivity contribution is 7.84. The molecule has 1 unspecified atom stereocenters. The summed E-state index contributed by atoms with van der Waals surface area (Å²) in [4.78, 5) is 10.0. The molecule has 0 aliphatic heterocycles. The van der Waals surface area contributed by atoms with Crippen LogP contribution in [0.3, 0.4) is 0 Å². The number of nitrogens with zero attached hydrogens (tertiary/aromatic N) is 1. The van der Waals surface area contributed by atoms with Crippen LogP contribution >= 0.6 is 11.6 Å². The average Bonchev–Trinajstić information content (AvgIpc) is 2.40. The van der Waals surface area contributed by atoms with Gasteiger partial charge in [0.1, 0.15) is 5.82 Å². The number of nitrogen functional groups attached to an aromatic ring is 1. The smallest absolute Gasteiger partial charge is 0.270 e. The molecule has 5 nitrogen and oxygen atoms in total. The van der Waals surface area contributed by atoms with Crippen molar-refractivity contribution in [3.8, 4) is 0 Å². The normalized spacial score (nSPS) is 12.1. The Kier molecular flexibility index (Phi) is 4.54. The Hall–Kier alpha value is -1.99. The van der Waals surface area contributed by atoms with E-state index in [0.717, 1.165) is 6.07 Å². The molecular formula is C13H10ClFN2O3S. The van der Waals surface area contributed by atoms with Crippen LogP contribution in [0.2, 0.25) is 5.02 Å². The van der Waals surface area contributed by atoms with E-state index >= 15 is 0 Å². The number of rotatable bonds is 4. The van der Waals surface area contributed by atoms with Gasteiger partial charge in [0.15, 0.2) is 0 Å². The number of hydrogen-bond acceptors (Lipinski definition) is 4. The monoisotopic (exact) mass is 328 g/mol. The number of hydrogen-bond donors (Lipinski definition) is 1. The SMILES string of the molecule is Nc1ccc(S(=O)Cc2ccc([N+](=O)[O-])cc2Cl)c(F)c1. The number of anilines is 1. The standard InChI is InChI=1S/C13H10ClFN2O3S/c14-11-6-10(17(18)19)3-1-8(11)7-21(20)13-4-2-9(16)5-12(13)15/h1-6H,7,16H2. The minimum atomic E-state index is -1.67. The van der Waals surface area contributed by atoms with Gasteiger partial charge in [-0.3, -0.25) is 14.3 Å². The van der Waals surface area contributed by atoms with Gasteiger partial charge >= 0.3 is 0 Å². The van der Waals surface area contributed by atoms with E-state index < -0.39 is 21.5 Å². The number of nitro benzene ring substituents is 1. The van der Waals surface area contributed by atoms with Crippen molar-refractivity contribution in [3.63, 3.8) is 0 Å². The van der Waals surface area contributed by atoms with E-state index in [1.807, 2.05) is 0 Å². The summed E-state index contributed by atoms with van der Waals surface area (Å²) >= 11 is 5.92. The predicted octanol–water partition coefficient (Wildman–Crippen LogP) is 3.28. The number of nitro groups is 1. The van der Waals surface area contributed by atoms with Gasteiger partial charge in [-0.1, -0.05) is 11.6 Å². The Balaban J connectivity index is 2.25. The molecule has 2 aromatic carbocycles. The lowest BCUT2D eigenvalue weighted by Gasteiger charge is -2.06. The Morgan fingerprint density at radius 1 is 1.29 bits per heavy atom. The molecule has 2 aromatic rings. The lowest BCUT2D eigenvalue weighted by Crippen LogP contribution is -2.01. The molecule has 1 atom stereocenters. The third-order valence-corrected chi connectivity index (χ3v) is 4.48. The first-order valence-electron chi connectivity index (χ1n) is 5.74. The van der Waals surface area contributed by atoms with Crippen molar-refractivity contribution in [1.29, 1.82) is 0 Å². The number of non-ortho nitro benzene ring substituents is 1. The maximum absolute atomic E-state index is 13.7. The summed E-state index contributed by atoms with van der Waals surface area (Å²) < 4.78 is 25.8. The van der Waals surface area contributed by atoms with Gasteiger partial charge in [0.25, 0.3) is 5.69 Å². The molecule has 110 valence electrons. The van der Waals surface area contributed by atoms with Crippen molar-refractivity contribution in [3.05, 3.63) is 62.9 Å². The second-order valence-electron chi connectivity index (χ2n) is 4.21. The van der Waals surface area contributed by atoms with Gasteiger partial charge in [-0.25, -0.2) is 4.39 Å². The van der Waals surface area contributed by atoms with Gasteiger partial charge in [0.2, 0.25) is 0 Å². The molecule has 0 fully saturated rings. The second-order valence-corrected chi connectivity index (χ2v) is 6.04. The fourth-order valence-corrected chi connectivity index (χ4v) is 3.19. The van der Waals surface area contributed by atoms with Crippen LogP contribution in [0.5, 0.6) is 0 Å². The highest BCUT2D eigenvalue weighted by Gasteiger charge is 2.15. The van der Waals surface area contributed by atoms with Crippen molar-refractivity contribution in [1.82, 2.24) is 0 Å². The molecule has 8 heteroatoms. The van der Waals surface area contributed by atoms with Crippen LogP contribution in [0, 0.1) is 15.9 Å². The molecule has 0 amide bonds. The van der Waals surface area contributed by atoms with Crippen molar-refractivity contribution in [2.75, 3.05) is 5.73 Å². The van der Waals surface area contributed by atoms with Gasteiger partial charge in [-0.05, 0) is 29.8 Å². The molecule has 2 N–H and O–H groups in total.